The number of aryl methyl sites for hydroxylation is 1. The number of sulfone groups is 1. The number of aromatic amines is 1. The van der Waals surface area contributed by atoms with Gasteiger partial charge in [0.25, 0.3) is 0 Å². The molecule has 2 aromatic heterocycles. The summed E-state index contributed by atoms with van der Waals surface area (Å²) in [6.45, 7) is 3.50. The van der Waals surface area contributed by atoms with Crippen molar-refractivity contribution in [2.24, 2.45) is 0 Å². The minimum Gasteiger partial charge on any atom is -0.356 e. The molecular formula is C14H19N5O2S. The van der Waals surface area contributed by atoms with E-state index in [0.717, 1.165) is 37.6 Å². The van der Waals surface area contributed by atoms with Crippen molar-refractivity contribution in [2.45, 2.75) is 30.6 Å². The average Bonchev–Trinajstić information content (AvgIpc) is 2.97. The lowest BCUT2D eigenvalue weighted by molar-refractivity contribution is 0.491. The van der Waals surface area contributed by atoms with Gasteiger partial charge in [-0.2, -0.15) is 5.10 Å². The summed E-state index contributed by atoms with van der Waals surface area (Å²) < 4.78 is 23.7. The van der Waals surface area contributed by atoms with Gasteiger partial charge in [-0.1, -0.05) is 0 Å². The molecule has 0 aliphatic carbocycles. The zero-order valence-electron chi connectivity index (χ0n) is 12.7. The van der Waals surface area contributed by atoms with Crippen LogP contribution in [0, 0.1) is 6.92 Å². The van der Waals surface area contributed by atoms with Gasteiger partial charge < -0.3 is 4.90 Å². The Morgan fingerprint density at radius 1 is 1.41 bits per heavy atom. The fourth-order valence-electron chi connectivity index (χ4n) is 2.91. The third-order valence-corrected chi connectivity index (χ3v) is 5.07. The van der Waals surface area contributed by atoms with Crippen LogP contribution in [0.4, 0.5) is 5.82 Å². The molecule has 118 valence electrons. The molecule has 1 aliphatic heterocycles. The van der Waals surface area contributed by atoms with Gasteiger partial charge in [-0.15, -0.1) is 0 Å². The van der Waals surface area contributed by atoms with Crippen LogP contribution in [-0.2, 0) is 9.84 Å². The summed E-state index contributed by atoms with van der Waals surface area (Å²) in [7, 11) is -3.27. The first-order chi connectivity index (χ1) is 10.4. The molecular weight excluding hydrogens is 302 g/mol. The van der Waals surface area contributed by atoms with Gasteiger partial charge in [0.05, 0.1) is 11.9 Å². The highest BCUT2D eigenvalue weighted by Crippen LogP contribution is 2.31. The lowest BCUT2D eigenvalue weighted by Gasteiger charge is -2.33. The van der Waals surface area contributed by atoms with Gasteiger partial charge in [0.2, 0.25) is 0 Å². The number of H-pyrrole nitrogens is 1. The number of nitrogens with zero attached hydrogens (tertiary/aromatic N) is 4. The second-order valence-electron chi connectivity index (χ2n) is 5.67. The first-order valence-corrected chi connectivity index (χ1v) is 9.12. The number of aromatic nitrogens is 4. The SMILES string of the molecule is Cc1nccc(N2CCC[C@@H](c3[nH]ncc3S(C)(=O)=O)C2)n1. The first-order valence-electron chi connectivity index (χ1n) is 7.23. The van der Waals surface area contributed by atoms with Crippen LogP contribution in [0.25, 0.3) is 0 Å². The summed E-state index contributed by atoms with van der Waals surface area (Å²) in [5.74, 6) is 1.73. The summed E-state index contributed by atoms with van der Waals surface area (Å²) in [5, 5.41) is 6.80. The van der Waals surface area contributed by atoms with Crippen LogP contribution in [0.3, 0.4) is 0 Å². The van der Waals surface area contributed by atoms with Gasteiger partial charge in [-0.05, 0) is 25.8 Å². The lowest BCUT2D eigenvalue weighted by atomic mass is 9.95. The Kier molecular flexibility index (Phi) is 3.86. The maximum Gasteiger partial charge on any atom is 0.178 e. The summed E-state index contributed by atoms with van der Waals surface area (Å²) in [6, 6.07) is 1.89. The predicted molar refractivity (Wildman–Crippen MR) is 82.7 cm³/mol. The van der Waals surface area contributed by atoms with Crippen molar-refractivity contribution in [2.75, 3.05) is 24.2 Å². The topological polar surface area (TPSA) is 91.8 Å². The third kappa shape index (κ3) is 2.96. The molecule has 0 spiro atoms. The number of nitrogens with one attached hydrogen (secondary N) is 1. The van der Waals surface area contributed by atoms with E-state index in [-0.39, 0.29) is 5.92 Å². The smallest absolute Gasteiger partial charge is 0.178 e. The second kappa shape index (κ2) is 5.68. The molecule has 8 heteroatoms. The third-order valence-electron chi connectivity index (χ3n) is 3.95. The van der Waals surface area contributed by atoms with E-state index in [4.69, 9.17) is 0 Å². The van der Waals surface area contributed by atoms with Crippen LogP contribution in [0.2, 0.25) is 0 Å². The fraction of sp³-hybridized carbons (Fsp3) is 0.500. The second-order valence-corrected chi connectivity index (χ2v) is 7.65. The minimum absolute atomic E-state index is 0.108. The maximum atomic E-state index is 11.9. The van der Waals surface area contributed by atoms with Gasteiger partial charge in [0.15, 0.2) is 9.84 Å². The maximum absolute atomic E-state index is 11.9. The summed E-state index contributed by atoms with van der Waals surface area (Å²) in [4.78, 5) is 11.1. The van der Waals surface area contributed by atoms with E-state index in [1.165, 1.54) is 12.5 Å². The summed E-state index contributed by atoms with van der Waals surface area (Å²) in [5.41, 5.74) is 0.706. The van der Waals surface area contributed by atoms with Crippen molar-refractivity contribution in [3.8, 4) is 0 Å². The van der Waals surface area contributed by atoms with Gasteiger partial charge in [-0.25, -0.2) is 18.4 Å². The van der Waals surface area contributed by atoms with Crippen LogP contribution in [-0.4, -0.2) is 47.9 Å². The van der Waals surface area contributed by atoms with Crippen LogP contribution in [0.1, 0.15) is 30.3 Å². The van der Waals surface area contributed by atoms with Crippen LogP contribution in [0.15, 0.2) is 23.4 Å². The minimum atomic E-state index is -3.27. The zero-order chi connectivity index (χ0) is 15.7. The Bertz CT molecular complexity index is 771. The number of anilines is 1. The number of hydrogen-bond acceptors (Lipinski definition) is 6. The average molecular weight is 321 g/mol. The molecule has 1 aliphatic rings. The van der Waals surface area contributed by atoms with E-state index in [0.29, 0.717) is 10.6 Å². The largest absolute Gasteiger partial charge is 0.356 e. The zero-order valence-corrected chi connectivity index (χ0v) is 13.5. The molecule has 1 fully saturated rings. The molecule has 22 heavy (non-hydrogen) atoms. The molecule has 1 atom stereocenters. The van der Waals surface area contributed by atoms with E-state index in [1.807, 2.05) is 13.0 Å². The standard InChI is InChI=1S/C14H19N5O2S/c1-10-15-6-5-13(17-10)19-7-3-4-11(9-19)14-12(8-16-18-14)22(2,20)21/h5-6,8,11H,3-4,7,9H2,1-2H3,(H,16,18)/t11-/m1/s1. The van der Waals surface area contributed by atoms with Gasteiger partial charge in [0, 0.05) is 31.5 Å². The molecule has 0 aromatic carbocycles. The van der Waals surface area contributed by atoms with Crippen LogP contribution < -0.4 is 4.90 Å². The molecule has 3 rings (SSSR count). The lowest BCUT2D eigenvalue weighted by Crippen LogP contribution is -2.35. The quantitative estimate of drug-likeness (QED) is 0.916. The summed E-state index contributed by atoms with van der Waals surface area (Å²) in [6.07, 6.45) is 6.29. The van der Waals surface area contributed by atoms with Gasteiger partial charge >= 0.3 is 0 Å². The van der Waals surface area contributed by atoms with Gasteiger partial charge in [-0.3, -0.25) is 5.10 Å². The molecule has 2 aromatic rings. The van der Waals surface area contributed by atoms with Gasteiger partial charge in [0.1, 0.15) is 16.5 Å². The summed E-state index contributed by atoms with van der Waals surface area (Å²) >= 11 is 0. The van der Waals surface area contributed by atoms with Crippen LogP contribution in [0.5, 0.6) is 0 Å². The van der Waals surface area contributed by atoms with Crippen molar-refractivity contribution in [3.05, 3.63) is 30.0 Å². The Balaban J connectivity index is 1.87. The highest BCUT2D eigenvalue weighted by molar-refractivity contribution is 7.90. The highest BCUT2D eigenvalue weighted by Gasteiger charge is 2.28. The first kappa shape index (κ1) is 15.0. The molecule has 1 saturated heterocycles. The molecule has 0 radical (unpaired) electrons. The van der Waals surface area contributed by atoms with E-state index in [2.05, 4.69) is 25.1 Å². The van der Waals surface area contributed by atoms with Crippen molar-refractivity contribution in [1.29, 1.82) is 0 Å². The van der Waals surface area contributed by atoms with E-state index < -0.39 is 9.84 Å². The molecule has 0 saturated carbocycles. The molecule has 0 amide bonds. The van der Waals surface area contributed by atoms with Crippen molar-refractivity contribution >= 4 is 15.7 Å². The van der Waals surface area contributed by atoms with Crippen molar-refractivity contribution in [1.82, 2.24) is 20.2 Å². The Morgan fingerprint density at radius 3 is 2.95 bits per heavy atom. The van der Waals surface area contributed by atoms with E-state index in [1.54, 1.807) is 6.20 Å². The number of rotatable bonds is 3. The highest BCUT2D eigenvalue weighted by atomic mass is 32.2. The molecule has 0 bridgehead atoms. The van der Waals surface area contributed by atoms with E-state index in [9.17, 15) is 8.42 Å². The number of piperidine rings is 1. The Hall–Kier alpha value is -1.96. The van der Waals surface area contributed by atoms with E-state index >= 15 is 0 Å². The fourth-order valence-corrected chi connectivity index (χ4v) is 3.77. The Labute approximate surface area is 129 Å². The Morgan fingerprint density at radius 2 is 2.23 bits per heavy atom. The van der Waals surface area contributed by atoms with Crippen LogP contribution >= 0.6 is 0 Å². The molecule has 3 heterocycles. The predicted octanol–water partition coefficient (Wildman–Crippen LogP) is 1.30. The van der Waals surface area contributed by atoms with Crippen molar-refractivity contribution in [3.63, 3.8) is 0 Å². The molecule has 1 N–H and O–H groups in total. The monoisotopic (exact) mass is 321 g/mol. The van der Waals surface area contributed by atoms with Crippen molar-refractivity contribution < 1.29 is 8.42 Å². The normalized spacial score (nSPS) is 19.4. The number of hydrogen-bond donors (Lipinski definition) is 1. The molecule has 7 nitrogen and oxygen atoms in total. The molecule has 0 unspecified atom stereocenters.